The van der Waals surface area contributed by atoms with E-state index in [-0.39, 0.29) is 5.78 Å². The molecule has 0 radical (unpaired) electrons. The minimum absolute atomic E-state index is 0.262. The summed E-state index contributed by atoms with van der Waals surface area (Å²) in [7, 11) is 0. The average Bonchev–Trinajstić information content (AvgIpc) is 2.80. The Labute approximate surface area is 121 Å². The van der Waals surface area contributed by atoms with Gasteiger partial charge in [-0.1, -0.05) is 51.8 Å². The standard InChI is InChI=1S/C18H25NO/c1-18(2,3)12-8-4-5-11-17(20)15-13-19-16-10-7-6-9-14(15)16/h6-7,9-10,13,19H,4-5,8,11-12H2,1-3H3. The lowest BCUT2D eigenvalue weighted by Crippen LogP contribution is -2.04. The summed E-state index contributed by atoms with van der Waals surface area (Å²) in [5.74, 6) is 0.262. The molecule has 0 aliphatic carbocycles. The fraction of sp³-hybridized carbons (Fsp3) is 0.500. The van der Waals surface area contributed by atoms with Crippen LogP contribution in [0.4, 0.5) is 0 Å². The Balaban J connectivity index is 1.84. The van der Waals surface area contributed by atoms with E-state index >= 15 is 0 Å². The topological polar surface area (TPSA) is 32.9 Å². The van der Waals surface area contributed by atoms with Gasteiger partial charge in [-0.2, -0.15) is 0 Å². The Bertz CT molecular complexity index is 574. The van der Waals surface area contributed by atoms with Crippen LogP contribution in [0.1, 0.15) is 63.2 Å². The van der Waals surface area contributed by atoms with Crippen LogP contribution in [0.15, 0.2) is 30.5 Å². The molecule has 0 aliphatic rings. The van der Waals surface area contributed by atoms with Gasteiger partial charge in [0, 0.05) is 29.1 Å². The van der Waals surface area contributed by atoms with E-state index in [1.165, 1.54) is 12.8 Å². The fourth-order valence-corrected chi connectivity index (χ4v) is 2.55. The van der Waals surface area contributed by atoms with Gasteiger partial charge < -0.3 is 4.98 Å². The summed E-state index contributed by atoms with van der Waals surface area (Å²) in [6.45, 7) is 6.80. The lowest BCUT2D eigenvalue weighted by atomic mass is 9.89. The first-order valence-electron chi connectivity index (χ1n) is 7.57. The van der Waals surface area contributed by atoms with Gasteiger partial charge in [0.15, 0.2) is 5.78 Å². The number of nitrogens with one attached hydrogen (secondary N) is 1. The zero-order chi connectivity index (χ0) is 14.6. The highest BCUT2D eigenvalue weighted by molar-refractivity contribution is 6.07. The number of carbonyl (C=O) groups is 1. The van der Waals surface area contributed by atoms with E-state index in [9.17, 15) is 4.79 Å². The molecule has 1 aromatic heterocycles. The molecule has 20 heavy (non-hydrogen) atoms. The van der Waals surface area contributed by atoms with E-state index in [4.69, 9.17) is 0 Å². The van der Waals surface area contributed by atoms with Crippen molar-refractivity contribution in [2.75, 3.05) is 0 Å². The molecule has 0 bridgehead atoms. The Kier molecular flexibility index (Phi) is 4.64. The number of unbranched alkanes of at least 4 members (excludes halogenated alkanes) is 2. The molecule has 1 N–H and O–H groups in total. The molecule has 108 valence electrons. The number of fused-ring (bicyclic) bond motifs is 1. The molecular weight excluding hydrogens is 246 g/mol. The minimum Gasteiger partial charge on any atom is -0.360 e. The van der Waals surface area contributed by atoms with Crippen LogP contribution >= 0.6 is 0 Å². The van der Waals surface area contributed by atoms with Crippen LogP contribution in [0.25, 0.3) is 10.9 Å². The minimum atomic E-state index is 0.262. The Hall–Kier alpha value is -1.57. The molecule has 0 fully saturated rings. The average molecular weight is 271 g/mol. The van der Waals surface area contributed by atoms with Crippen molar-refractivity contribution in [2.45, 2.75) is 52.9 Å². The third-order valence-corrected chi connectivity index (χ3v) is 3.72. The van der Waals surface area contributed by atoms with Crippen molar-refractivity contribution in [1.82, 2.24) is 4.98 Å². The van der Waals surface area contributed by atoms with Gasteiger partial charge in [-0.25, -0.2) is 0 Å². The summed E-state index contributed by atoms with van der Waals surface area (Å²) >= 11 is 0. The number of hydrogen-bond acceptors (Lipinski definition) is 1. The molecule has 2 rings (SSSR count). The highest BCUT2D eigenvalue weighted by Gasteiger charge is 2.12. The maximum absolute atomic E-state index is 12.3. The molecule has 0 spiro atoms. The highest BCUT2D eigenvalue weighted by Crippen LogP contribution is 2.23. The highest BCUT2D eigenvalue weighted by atomic mass is 16.1. The van der Waals surface area contributed by atoms with Gasteiger partial charge in [-0.05, 0) is 24.3 Å². The van der Waals surface area contributed by atoms with Crippen LogP contribution in [-0.2, 0) is 0 Å². The molecular formula is C18H25NO. The number of benzene rings is 1. The molecule has 2 nitrogen and oxygen atoms in total. The third-order valence-electron chi connectivity index (χ3n) is 3.72. The van der Waals surface area contributed by atoms with Crippen molar-refractivity contribution in [2.24, 2.45) is 5.41 Å². The second kappa shape index (κ2) is 6.25. The maximum atomic E-state index is 12.3. The van der Waals surface area contributed by atoms with E-state index in [0.717, 1.165) is 29.3 Å². The van der Waals surface area contributed by atoms with Crippen molar-refractivity contribution in [3.05, 3.63) is 36.0 Å². The first kappa shape index (κ1) is 14.8. The molecule has 0 saturated heterocycles. The summed E-state index contributed by atoms with van der Waals surface area (Å²) in [6.07, 6.45) is 7.09. The molecule has 0 amide bonds. The number of carbonyl (C=O) groups excluding carboxylic acids is 1. The van der Waals surface area contributed by atoms with Crippen molar-refractivity contribution in [3.8, 4) is 0 Å². The summed E-state index contributed by atoms with van der Waals surface area (Å²) < 4.78 is 0. The fourth-order valence-electron chi connectivity index (χ4n) is 2.55. The van der Waals surface area contributed by atoms with Gasteiger partial charge in [0.25, 0.3) is 0 Å². The van der Waals surface area contributed by atoms with Crippen molar-refractivity contribution in [3.63, 3.8) is 0 Å². The van der Waals surface area contributed by atoms with Gasteiger partial charge >= 0.3 is 0 Å². The van der Waals surface area contributed by atoms with E-state index < -0.39 is 0 Å². The number of Topliss-reactive ketones (excluding diaryl/α,β-unsaturated/α-hetero) is 1. The number of para-hydroxylation sites is 1. The van der Waals surface area contributed by atoms with E-state index in [1.807, 2.05) is 30.5 Å². The molecule has 0 aliphatic heterocycles. The van der Waals surface area contributed by atoms with Crippen LogP contribution in [0.3, 0.4) is 0 Å². The number of aromatic nitrogens is 1. The van der Waals surface area contributed by atoms with Crippen LogP contribution in [0.5, 0.6) is 0 Å². The maximum Gasteiger partial charge on any atom is 0.165 e. The Morgan fingerprint density at radius 2 is 1.85 bits per heavy atom. The smallest absolute Gasteiger partial charge is 0.165 e. The van der Waals surface area contributed by atoms with Gasteiger partial charge in [0.2, 0.25) is 0 Å². The van der Waals surface area contributed by atoms with E-state index in [1.54, 1.807) is 0 Å². The van der Waals surface area contributed by atoms with Crippen molar-refractivity contribution >= 4 is 16.7 Å². The first-order valence-corrected chi connectivity index (χ1v) is 7.57. The predicted octanol–water partition coefficient (Wildman–Crippen LogP) is 5.35. The molecule has 2 aromatic rings. The number of hydrogen-bond donors (Lipinski definition) is 1. The number of ketones is 1. The largest absolute Gasteiger partial charge is 0.360 e. The van der Waals surface area contributed by atoms with Gasteiger partial charge in [0.05, 0.1) is 0 Å². The second-order valence-corrected chi connectivity index (χ2v) is 6.79. The third kappa shape index (κ3) is 3.96. The second-order valence-electron chi connectivity index (χ2n) is 6.79. The summed E-state index contributed by atoms with van der Waals surface area (Å²) in [6, 6.07) is 7.99. The lowest BCUT2D eigenvalue weighted by Gasteiger charge is -2.17. The normalized spacial score (nSPS) is 11.9. The zero-order valence-electron chi connectivity index (χ0n) is 12.8. The van der Waals surface area contributed by atoms with Crippen LogP contribution in [0, 0.1) is 5.41 Å². The number of aromatic amines is 1. The molecule has 0 atom stereocenters. The molecule has 2 heteroatoms. The van der Waals surface area contributed by atoms with E-state index in [2.05, 4.69) is 25.8 Å². The molecule has 1 aromatic carbocycles. The molecule has 0 saturated carbocycles. The Morgan fingerprint density at radius 1 is 1.10 bits per heavy atom. The summed E-state index contributed by atoms with van der Waals surface area (Å²) in [4.78, 5) is 15.4. The Morgan fingerprint density at radius 3 is 2.60 bits per heavy atom. The summed E-state index contributed by atoms with van der Waals surface area (Å²) in [5, 5.41) is 1.05. The van der Waals surface area contributed by atoms with Crippen molar-refractivity contribution in [1.29, 1.82) is 0 Å². The van der Waals surface area contributed by atoms with Gasteiger partial charge in [-0.15, -0.1) is 0 Å². The van der Waals surface area contributed by atoms with E-state index in [0.29, 0.717) is 11.8 Å². The molecule has 0 unspecified atom stereocenters. The lowest BCUT2D eigenvalue weighted by molar-refractivity contribution is 0.0980. The molecule has 1 heterocycles. The van der Waals surface area contributed by atoms with Crippen molar-refractivity contribution < 1.29 is 4.79 Å². The van der Waals surface area contributed by atoms with Crippen LogP contribution in [-0.4, -0.2) is 10.8 Å². The van der Waals surface area contributed by atoms with Gasteiger partial charge in [-0.3, -0.25) is 4.79 Å². The first-order chi connectivity index (χ1) is 9.47. The number of rotatable bonds is 6. The zero-order valence-corrected chi connectivity index (χ0v) is 12.8. The monoisotopic (exact) mass is 271 g/mol. The van der Waals surface area contributed by atoms with Gasteiger partial charge in [0.1, 0.15) is 0 Å². The van der Waals surface area contributed by atoms with Crippen LogP contribution < -0.4 is 0 Å². The van der Waals surface area contributed by atoms with Crippen LogP contribution in [0.2, 0.25) is 0 Å². The SMILES string of the molecule is CC(C)(C)CCCCCC(=O)c1c[nH]c2ccccc12. The predicted molar refractivity (Wildman–Crippen MR) is 85.2 cm³/mol. The number of H-pyrrole nitrogens is 1. The quantitative estimate of drug-likeness (QED) is 0.557. The summed E-state index contributed by atoms with van der Waals surface area (Å²) in [5.41, 5.74) is 2.29.